The molecule has 128 valence electrons. The lowest BCUT2D eigenvalue weighted by molar-refractivity contribution is -0.203. The van der Waals surface area contributed by atoms with E-state index in [2.05, 4.69) is 5.10 Å². The Kier molecular flexibility index (Phi) is 3.59. The van der Waals surface area contributed by atoms with E-state index in [0.29, 0.717) is 0 Å². The van der Waals surface area contributed by atoms with Crippen LogP contribution in [0.2, 0.25) is 0 Å². The molecule has 4 atom stereocenters. The van der Waals surface area contributed by atoms with Crippen molar-refractivity contribution in [1.29, 1.82) is 0 Å². The average molecular weight is 332 g/mol. The van der Waals surface area contributed by atoms with Gasteiger partial charge >= 0.3 is 5.97 Å². The van der Waals surface area contributed by atoms with Crippen molar-refractivity contribution >= 4 is 16.9 Å². The first-order valence-corrected chi connectivity index (χ1v) is 8.01. The second kappa shape index (κ2) is 5.54. The fourth-order valence-corrected chi connectivity index (χ4v) is 3.38. The van der Waals surface area contributed by atoms with Crippen molar-refractivity contribution in [2.75, 3.05) is 6.61 Å². The molecule has 0 saturated carbocycles. The summed E-state index contributed by atoms with van der Waals surface area (Å²) in [5.74, 6) is -1.06. The number of para-hydroxylation sites is 1. The molecule has 7 nitrogen and oxygen atoms in total. The third-order valence-corrected chi connectivity index (χ3v) is 4.32. The van der Waals surface area contributed by atoms with Crippen LogP contribution in [-0.2, 0) is 23.7 Å². The Morgan fingerprint density at radius 1 is 1.29 bits per heavy atom. The Labute approximate surface area is 139 Å². The molecule has 2 saturated heterocycles. The van der Waals surface area contributed by atoms with Crippen LogP contribution >= 0.6 is 0 Å². The third kappa shape index (κ3) is 2.58. The summed E-state index contributed by atoms with van der Waals surface area (Å²) in [6, 6.07) is 7.91. The van der Waals surface area contributed by atoms with Crippen molar-refractivity contribution in [3.63, 3.8) is 0 Å². The van der Waals surface area contributed by atoms with Gasteiger partial charge in [-0.15, -0.1) is 0 Å². The predicted molar refractivity (Wildman–Crippen MR) is 84.1 cm³/mol. The van der Waals surface area contributed by atoms with Crippen LogP contribution in [0, 0.1) is 0 Å². The molecule has 24 heavy (non-hydrogen) atoms. The minimum absolute atomic E-state index is 0.131. The molecule has 0 radical (unpaired) electrons. The molecular formula is C17H20N2O5. The van der Waals surface area contributed by atoms with Crippen LogP contribution < -0.4 is 0 Å². The molecular weight excluding hydrogens is 312 g/mol. The molecule has 2 fully saturated rings. The Morgan fingerprint density at radius 2 is 2.04 bits per heavy atom. The van der Waals surface area contributed by atoms with Gasteiger partial charge < -0.3 is 18.9 Å². The zero-order valence-electron chi connectivity index (χ0n) is 13.8. The first-order chi connectivity index (χ1) is 11.4. The Hall–Kier alpha value is -1.96. The van der Waals surface area contributed by atoms with Crippen molar-refractivity contribution in [3.05, 3.63) is 30.5 Å². The number of esters is 1. The lowest BCUT2D eigenvalue weighted by Crippen LogP contribution is -2.33. The van der Waals surface area contributed by atoms with Gasteiger partial charge in [-0.1, -0.05) is 18.2 Å². The summed E-state index contributed by atoms with van der Waals surface area (Å²) in [6.45, 7) is 5.24. The Balaban J connectivity index is 1.66. The molecule has 0 amide bonds. The number of ether oxygens (including phenoxy) is 4. The monoisotopic (exact) mass is 332 g/mol. The van der Waals surface area contributed by atoms with Crippen LogP contribution in [0.15, 0.2) is 30.5 Å². The van der Waals surface area contributed by atoms with Crippen molar-refractivity contribution in [2.24, 2.45) is 0 Å². The number of carbonyl (C=O) groups is 1. The quantitative estimate of drug-likeness (QED) is 0.801. The van der Waals surface area contributed by atoms with E-state index in [1.165, 1.54) is 6.92 Å². The molecule has 0 spiro atoms. The summed E-state index contributed by atoms with van der Waals surface area (Å²) in [5.41, 5.74) is 0.961. The molecule has 0 bridgehead atoms. The maximum Gasteiger partial charge on any atom is 0.302 e. The number of hydrogen-bond acceptors (Lipinski definition) is 6. The summed E-state index contributed by atoms with van der Waals surface area (Å²) in [7, 11) is 0. The highest BCUT2D eigenvalue weighted by Crippen LogP contribution is 2.43. The van der Waals surface area contributed by atoms with Gasteiger partial charge in [0.05, 0.1) is 11.7 Å². The number of fused-ring (bicyclic) bond motifs is 2. The van der Waals surface area contributed by atoms with E-state index in [4.69, 9.17) is 18.9 Å². The third-order valence-electron chi connectivity index (χ3n) is 4.32. The van der Waals surface area contributed by atoms with Crippen molar-refractivity contribution in [2.45, 2.75) is 51.1 Å². The number of aromatic nitrogens is 2. The first-order valence-electron chi connectivity index (χ1n) is 8.01. The standard InChI is InChI=1S/C17H20N2O5/c1-10(20)21-9-13-14-15(24-17(2,3)23-14)16(22-13)19-12-7-5-4-6-11(12)8-18-19/h4-8,13-16H,9H2,1-3H3/t13-,14-,15-,16-/m1/s1. The molecule has 3 heterocycles. The van der Waals surface area contributed by atoms with Crippen LogP contribution in [0.25, 0.3) is 10.9 Å². The van der Waals surface area contributed by atoms with Gasteiger partial charge in [-0.25, -0.2) is 4.68 Å². The number of benzene rings is 1. The number of hydrogen-bond donors (Lipinski definition) is 0. The minimum atomic E-state index is -0.713. The average Bonchev–Trinajstić information content (AvgIpc) is 3.16. The van der Waals surface area contributed by atoms with Crippen LogP contribution in [0.3, 0.4) is 0 Å². The number of carbonyl (C=O) groups excluding carboxylic acids is 1. The van der Waals surface area contributed by atoms with Crippen molar-refractivity contribution < 1.29 is 23.7 Å². The summed E-state index contributed by atoms with van der Waals surface area (Å²) in [4.78, 5) is 11.1. The number of rotatable bonds is 3. The fraction of sp³-hybridized carbons (Fsp3) is 0.529. The topological polar surface area (TPSA) is 71.8 Å². The van der Waals surface area contributed by atoms with Gasteiger partial charge in [-0.2, -0.15) is 5.10 Å². The summed E-state index contributed by atoms with van der Waals surface area (Å²) in [6.07, 6.45) is 0.343. The summed E-state index contributed by atoms with van der Waals surface area (Å²) >= 11 is 0. The van der Waals surface area contributed by atoms with Crippen LogP contribution in [0.5, 0.6) is 0 Å². The molecule has 0 aliphatic carbocycles. The first kappa shape index (κ1) is 15.6. The molecule has 4 rings (SSSR count). The number of nitrogens with zero attached hydrogens (tertiary/aromatic N) is 2. The van der Waals surface area contributed by atoms with E-state index in [-0.39, 0.29) is 24.8 Å². The minimum Gasteiger partial charge on any atom is -0.463 e. The highest BCUT2D eigenvalue weighted by Gasteiger charge is 2.56. The van der Waals surface area contributed by atoms with Crippen molar-refractivity contribution in [3.8, 4) is 0 Å². The van der Waals surface area contributed by atoms with E-state index >= 15 is 0 Å². The van der Waals surface area contributed by atoms with Gasteiger partial charge in [0.25, 0.3) is 0 Å². The van der Waals surface area contributed by atoms with Gasteiger partial charge in [-0.05, 0) is 19.9 Å². The predicted octanol–water partition coefficient (Wildman–Crippen LogP) is 2.02. The smallest absolute Gasteiger partial charge is 0.302 e. The van der Waals surface area contributed by atoms with Gasteiger partial charge in [0.15, 0.2) is 12.0 Å². The molecule has 1 aromatic carbocycles. The van der Waals surface area contributed by atoms with E-state index in [9.17, 15) is 4.79 Å². The Bertz CT molecular complexity index is 771. The van der Waals surface area contributed by atoms with Crippen LogP contribution in [0.4, 0.5) is 0 Å². The SMILES string of the molecule is CC(=O)OC[C@H]1O[C@@H](n2ncc3ccccc32)[C@@H]2OC(C)(C)O[C@@H]21. The Morgan fingerprint density at radius 3 is 2.83 bits per heavy atom. The zero-order chi connectivity index (χ0) is 16.9. The molecule has 7 heteroatoms. The van der Waals surface area contributed by atoms with Gasteiger partial charge in [0.1, 0.15) is 24.9 Å². The molecule has 2 aliphatic rings. The van der Waals surface area contributed by atoms with E-state index in [0.717, 1.165) is 10.9 Å². The second-order valence-corrected chi connectivity index (χ2v) is 6.58. The lowest BCUT2D eigenvalue weighted by atomic mass is 10.1. The van der Waals surface area contributed by atoms with Gasteiger partial charge in [0.2, 0.25) is 0 Å². The normalized spacial score (nSPS) is 31.3. The van der Waals surface area contributed by atoms with E-state index in [1.807, 2.05) is 42.8 Å². The largest absolute Gasteiger partial charge is 0.463 e. The van der Waals surface area contributed by atoms with E-state index < -0.39 is 18.1 Å². The summed E-state index contributed by atoms with van der Waals surface area (Å²) < 4.78 is 25.1. The van der Waals surface area contributed by atoms with Crippen molar-refractivity contribution in [1.82, 2.24) is 9.78 Å². The molecule has 1 aromatic heterocycles. The van der Waals surface area contributed by atoms with E-state index in [1.54, 1.807) is 6.20 Å². The summed E-state index contributed by atoms with van der Waals surface area (Å²) in [5, 5.41) is 5.49. The molecule has 2 aromatic rings. The second-order valence-electron chi connectivity index (χ2n) is 6.58. The van der Waals surface area contributed by atoms with Crippen LogP contribution in [0.1, 0.15) is 27.0 Å². The molecule has 0 unspecified atom stereocenters. The van der Waals surface area contributed by atoms with Gasteiger partial charge in [0, 0.05) is 12.3 Å². The van der Waals surface area contributed by atoms with Gasteiger partial charge in [-0.3, -0.25) is 4.79 Å². The maximum atomic E-state index is 11.1. The highest BCUT2D eigenvalue weighted by atomic mass is 16.8. The molecule has 2 aliphatic heterocycles. The molecule has 0 N–H and O–H groups in total. The maximum absolute atomic E-state index is 11.1. The zero-order valence-corrected chi connectivity index (χ0v) is 13.8. The highest BCUT2D eigenvalue weighted by molar-refractivity contribution is 5.78. The fourth-order valence-electron chi connectivity index (χ4n) is 3.38. The lowest BCUT2D eigenvalue weighted by Gasteiger charge is -2.24. The van der Waals surface area contributed by atoms with Crippen LogP contribution in [-0.4, -0.2) is 46.5 Å².